The smallest absolute Gasteiger partial charge is 0.0682 e. The zero-order chi connectivity index (χ0) is 8.67. The van der Waals surface area contributed by atoms with E-state index < -0.39 is 0 Å². The van der Waals surface area contributed by atoms with Crippen molar-refractivity contribution in [1.82, 2.24) is 9.78 Å². The maximum absolute atomic E-state index is 4.37. The lowest BCUT2D eigenvalue weighted by Gasteiger charge is -2.00. The van der Waals surface area contributed by atoms with Crippen molar-refractivity contribution in [3.63, 3.8) is 0 Å². The van der Waals surface area contributed by atoms with Crippen LogP contribution in [0.2, 0.25) is 0 Å². The van der Waals surface area contributed by atoms with Crippen molar-refractivity contribution < 1.29 is 0 Å². The van der Waals surface area contributed by atoms with Crippen LogP contribution in [-0.4, -0.2) is 9.78 Å². The molecule has 0 atom stereocenters. The van der Waals surface area contributed by atoms with Crippen molar-refractivity contribution in [2.24, 2.45) is 5.92 Å². The van der Waals surface area contributed by atoms with E-state index in [0.717, 1.165) is 12.5 Å². The maximum Gasteiger partial charge on any atom is 0.0682 e. The summed E-state index contributed by atoms with van der Waals surface area (Å²) in [6.07, 6.45) is 4.68. The fraction of sp³-hybridized carbons (Fsp3) is 0.364. The van der Waals surface area contributed by atoms with Crippen molar-refractivity contribution in [2.45, 2.75) is 19.4 Å². The minimum Gasteiger partial charge on any atom is -0.265 e. The summed E-state index contributed by atoms with van der Waals surface area (Å²) in [7, 11) is 0. The van der Waals surface area contributed by atoms with Gasteiger partial charge in [-0.1, -0.05) is 6.07 Å². The number of hydrogen-bond acceptors (Lipinski definition) is 1. The van der Waals surface area contributed by atoms with Gasteiger partial charge in [0.25, 0.3) is 0 Å². The maximum atomic E-state index is 4.37. The molecule has 0 saturated heterocycles. The molecule has 2 aromatic rings. The number of aromatic nitrogens is 2. The van der Waals surface area contributed by atoms with Crippen LogP contribution in [0.15, 0.2) is 24.4 Å². The molecule has 1 saturated carbocycles. The van der Waals surface area contributed by atoms with E-state index in [0.29, 0.717) is 0 Å². The Morgan fingerprint density at radius 3 is 3.31 bits per heavy atom. The highest BCUT2D eigenvalue weighted by molar-refractivity contribution is 5.78. The van der Waals surface area contributed by atoms with Gasteiger partial charge in [0.2, 0.25) is 0 Å². The molecular formula is C11H11N2. The Labute approximate surface area is 77.2 Å². The van der Waals surface area contributed by atoms with Crippen LogP contribution in [-0.2, 0) is 6.54 Å². The van der Waals surface area contributed by atoms with Crippen molar-refractivity contribution in [3.05, 3.63) is 30.5 Å². The molecule has 13 heavy (non-hydrogen) atoms. The third-order valence-electron chi connectivity index (χ3n) is 2.61. The molecule has 1 aromatic heterocycles. The third-order valence-corrected chi connectivity index (χ3v) is 2.61. The first kappa shape index (κ1) is 7.13. The lowest BCUT2D eigenvalue weighted by Crippen LogP contribution is -2.00. The van der Waals surface area contributed by atoms with Gasteiger partial charge in [0.15, 0.2) is 0 Å². The SMILES string of the molecule is [c]1ccc2c(c1)cnn2CC1CC1. The second-order valence-corrected chi connectivity index (χ2v) is 3.75. The molecule has 1 fully saturated rings. The molecule has 3 rings (SSSR count). The molecule has 2 heteroatoms. The summed E-state index contributed by atoms with van der Waals surface area (Å²) in [6, 6.07) is 9.10. The Morgan fingerprint density at radius 1 is 1.54 bits per heavy atom. The molecule has 2 nitrogen and oxygen atoms in total. The van der Waals surface area contributed by atoms with Crippen molar-refractivity contribution in [2.75, 3.05) is 0 Å². The Bertz CT molecular complexity index is 426. The van der Waals surface area contributed by atoms with E-state index in [-0.39, 0.29) is 0 Å². The van der Waals surface area contributed by atoms with Gasteiger partial charge < -0.3 is 0 Å². The first-order valence-electron chi connectivity index (χ1n) is 4.75. The van der Waals surface area contributed by atoms with Crippen LogP contribution < -0.4 is 0 Å². The van der Waals surface area contributed by atoms with E-state index in [2.05, 4.69) is 21.9 Å². The predicted octanol–water partition coefficient (Wildman–Crippen LogP) is 2.25. The van der Waals surface area contributed by atoms with E-state index in [1.807, 2.05) is 18.3 Å². The van der Waals surface area contributed by atoms with E-state index >= 15 is 0 Å². The monoisotopic (exact) mass is 171 g/mol. The summed E-state index contributed by atoms with van der Waals surface area (Å²) in [5.41, 5.74) is 1.24. The van der Waals surface area contributed by atoms with E-state index in [4.69, 9.17) is 0 Å². The predicted molar refractivity (Wildman–Crippen MR) is 51.3 cm³/mol. The average molecular weight is 171 g/mol. The molecule has 1 aliphatic rings. The zero-order valence-corrected chi connectivity index (χ0v) is 7.40. The summed E-state index contributed by atoms with van der Waals surface area (Å²) in [4.78, 5) is 0. The van der Waals surface area contributed by atoms with Gasteiger partial charge in [-0.3, -0.25) is 4.68 Å². The molecule has 1 heterocycles. The van der Waals surface area contributed by atoms with Crippen LogP contribution in [0, 0.1) is 12.0 Å². The fourth-order valence-corrected chi connectivity index (χ4v) is 1.66. The van der Waals surface area contributed by atoms with E-state index in [1.165, 1.54) is 23.7 Å². The highest BCUT2D eigenvalue weighted by Crippen LogP contribution is 2.31. The number of benzene rings is 1. The number of hydrogen-bond donors (Lipinski definition) is 0. The molecule has 0 amide bonds. The quantitative estimate of drug-likeness (QED) is 0.677. The van der Waals surface area contributed by atoms with Gasteiger partial charge in [0.1, 0.15) is 0 Å². The second-order valence-electron chi connectivity index (χ2n) is 3.75. The summed E-state index contributed by atoms with van der Waals surface area (Å²) in [6.45, 7) is 1.09. The first-order valence-corrected chi connectivity index (χ1v) is 4.75. The van der Waals surface area contributed by atoms with Crippen LogP contribution in [0.5, 0.6) is 0 Å². The van der Waals surface area contributed by atoms with E-state index in [1.54, 1.807) is 0 Å². The zero-order valence-electron chi connectivity index (χ0n) is 7.40. The van der Waals surface area contributed by atoms with Crippen molar-refractivity contribution in [3.8, 4) is 0 Å². The second kappa shape index (κ2) is 2.59. The summed E-state index contributed by atoms with van der Waals surface area (Å²) < 4.78 is 2.11. The lowest BCUT2D eigenvalue weighted by atomic mass is 10.2. The van der Waals surface area contributed by atoms with Crippen LogP contribution in [0.3, 0.4) is 0 Å². The molecule has 0 N–H and O–H groups in total. The normalized spacial score (nSPS) is 16.6. The van der Waals surface area contributed by atoms with Gasteiger partial charge in [-0.15, -0.1) is 0 Å². The Hall–Kier alpha value is -1.31. The summed E-state index contributed by atoms with van der Waals surface area (Å²) >= 11 is 0. The van der Waals surface area contributed by atoms with E-state index in [9.17, 15) is 0 Å². The fourth-order valence-electron chi connectivity index (χ4n) is 1.66. The van der Waals surface area contributed by atoms with Gasteiger partial charge >= 0.3 is 0 Å². The Kier molecular flexibility index (Phi) is 1.42. The first-order chi connectivity index (χ1) is 6.43. The van der Waals surface area contributed by atoms with Gasteiger partial charge in [-0.25, -0.2) is 0 Å². The van der Waals surface area contributed by atoms with Crippen molar-refractivity contribution in [1.29, 1.82) is 0 Å². The van der Waals surface area contributed by atoms with Crippen LogP contribution in [0.25, 0.3) is 10.9 Å². The Morgan fingerprint density at radius 2 is 2.46 bits per heavy atom. The number of fused-ring (bicyclic) bond motifs is 1. The molecule has 1 aromatic carbocycles. The minimum atomic E-state index is 0.882. The topological polar surface area (TPSA) is 17.8 Å². The molecule has 0 unspecified atom stereocenters. The number of rotatable bonds is 2. The molecule has 0 bridgehead atoms. The summed E-state index contributed by atoms with van der Waals surface area (Å²) in [5, 5.41) is 5.57. The van der Waals surface area contributed by atoms with Crippen LogP contribution in [0.1, 0.15) is 12.8 Å². The van der Waals surface area contributed by atoms with Gasteiger partial charge in [0.05, 0.1) is 11.7 Å². The molecule has 1 aliphatic carbocycles. The number of nitrogens with zero attached hydrogens (tertiary/aromatic N) is 2. The van der Waals surface area contributed by atoms with Gasteiger partial charge in [-0.05, 0) is 37.0 Å². The third kappa shape index (κ3) is 1.22. The molecule has 65 valence electrons. The molecule has 0 spiro atoms. The highest BCUT2D eigenvalue weighted by Gasteiger charge is 2.22. The minimum absolute atomic E-state index is 0.882. The van der Waals surface area contributed by atoms with Gasteiger partial charge in [0, 0.05) is 11.9 Å². The molecule has 1 radical (unpaired) electrons. The van der Waals surface area contributed by atoms with Crippen LogP contribution >= 0.6 is 0 Å². The standard InChI is InChI=1S/C11H11N2/c1-2-4-11-10(3-1)7-12-13(11)8-9-5-6-9/h2-4,7,9H,5-6,8H2. The summed E-state index contributed by atoms with van der Waals surface area (Å²) in [5.74, 6) is 0.882. The highest BCUT2D eigenvalue weighted by atomic mass is 15.3. The molecule has 0 aliphatic heterocycles. The average Bonchev–Trinajstić information content (AvgIpc) is 2.88. The van der Waals surface area contributed by atoms with Crippen molar-refractivity contribution >= 4 is 10.9 Å². The van der Waals surface area contributed by atoms with Crippen LogP contribution in [0.4, 0.5) is 0 Å². The lowest BCUT2D eigenvalue weighted by molar-refractivity contribution is 0.580. The largest absolute Gasteiger partial charge is 0.265 e. The Balaban J connectivity index is 2.06. The molecular weight excluding hydrogens is 160 g/mol. The van der Waals surface area contributed by atoms with Gasteiger partial charge in [-0.2, -0.15) is 5.10 Å².